The van der Waals surface area contributed by atoms with Crippen LogP contribution in [-0.4, -0.2) is 53.3 Å². The SMILES string of the molecule is COc1cc(Nc2nc(N)c(-c3nc(-c4cc(N(OC(C)(C)C)C(=O)O)ccc4F)no3)s2)cc(OC)c1OC. The maximum Gasteiger partial charge on any atom is 0.436 e. The Morgan fingerprint density at radius 1 is 1.10 bits per heavy atom. The summed E-state index contributed by atoms with van der Waals surface area (Å²) in [6, 6.07) is 6.99. The third kappa shape index (κ3) is 6.00. The summed E-state index contributed by atoms with van der Waals surface area (Å²) < 4.78 is 36.2. The van der Waals surface area contributed by atoms with Crippen LogP contribution >= 0.6 is 11.3 Å². The van der Waals surface area contributed by atoms with Crippen LogP contribution in [0, 0.1) is 5.82 Å². The van der Waals surface area contributed by atoms with Crippen LogP contribution < -0.4 is 30.3 Å². The van der Waals surface area contributed by atoms with Gasteiger partial charge in [0.25, 0.3) is 5.89 Å². The van der Waals surface area contributed by atoms with Crippen molar-refractivity contribution in [1.82, 2.24) is 15.1 Å². The molecule has 0 aliphatic rings. The number of methoxy groups -OCH3 is 3. The lowest BCUT2D eigenvalue weighted by Crippen LogP contribution is -2.37. The van der Waals surface area contributed by atoms with Gasteiger partial charge in [-0.25, -0.2) is 14.2 Å². The van der Waals surface area contributed by atoms with Gasteiger partial charge in [0.05, 0.1) is 38.2 Å². The maximum absolute atomic E-state index is 14.8. The largest absolute Gasteiger partial charge is 0.493 e. The molecule has 13 nitrogen and oxygen atoms in total. The predicted octanol–water partition coefficient (Wildman–Crippen LogP) is 5.57. The summed E-state index contributed by atoms with van der Waals surface area (Å²) in [7, 11) is 4.51. The number of nitrogen functional groups attached to an aromatic ring is 1. The minimum Gasteiger partial charge on any atom is -0.493 e. The average Bonchev–Trinajstić information content (AvgIpc) is 3.52. The molecule has 0 unspecified atom stereocenters. The fraction of sp³-hybridized carbons (Fsp3) is 0.280. The molecule has 0 saturated carbocycles. The van der Waals surface area contributed by atoms with Crippen molar-refractivity contribution in [1.29, 1.82) is 0 Å². The van der Waals surface area contributed by atoms with Crippen molar-refractivity contribution in [3.8, 4) is 39.4 Å². The number of ether oxygens (including phenoxy) is 3. The lowest BCUT2D eigenvalue weighted by molar-refractivity contribution is -0.0156. The molecule has 2 aromatic carbocycles. The van der Waals surface area contributed by atoms with Gasteiger partial charge in [-0.1, -0.05) is 16.5 Å². The molecule has 0 aliphatic carbocycles. The Labute approximate surface area is 232 Å². The van der Waals surface area contributed by atoms with Crippen LogP contribution in [0.4, 0.5) is 31.5 Å². The second-order valence-corrected chi connectivity index (χ2v) is 10.1. The Balaban J connectivity index is 1.63. The number of hydroxylamine groups is 1. The molecule has 4 N–H and O–H groups in total. The zero-order valence-corrected chi connectivity index (χ0v) is 23.3. The van der Waals surface area contributed by atoms with E-state index in [1.54, 1.807) is 32.9 Å². The van der Waals surface area contributed by atoms with Gasteiger partial charge in [-0.2, -0.15) is 10.0 Å². The first-order valence-corrected chi connectivity index (χ1v) is 12.4. The van der Waals surface area contributed by atoms with Gasteiger partial charge in [-0.15, -0.1) is 0 Å². The van der Waals surface area contributed by atoms with Crippen molar-refractivity contribution < 1.29 is 37.9 Å². The van der Waals surface area contributed by atoms with E-state index in [1.807, 2.05) is 0 Å². The number of nitrogens with one attached hydrogen (secondary N) is 1. The van der Waals surface area contributed by atoms with Crippen molar-refractivity contribution in [3.05, 3.63) is 36.1 Å². The van der Waals surface area contributed by atoms with E-state index < -0.39 is 17.5 Å². The van der Waals surface area contributed by atoms with Gasteiger partial charge < -0.3 is 34.9 Å². The minimum absolute atomic E-state index is 0.00576. The monoisotopic (exact) mass is 574 g/mol. The van der Waals surface area contributed by atoms with Crippen LogP contribution in [0.1, 0.15) is 20.8 Å². The molecule has 4 rings (SSSR count). The molecule has 0 fully saturated rings. The van der Waals surface area contributed by atoms with Crippen LogP contribution in [0.5, 0.6) is 17.2 Å². The molecule has 1 amide bonds. The van der Waals surface area contributed by atoms with Gasteiger partial charge in [0, 0.05) is 17.8 Å². The highest BCUT2D eigenvalue weighted by atomic mass is 32.1. The second kappa shape index (κ2) is 11.2. The molecule has 4 aromatic rings. The summed E-state index contributed by atoms with van der Waals surface area (Å²) in [4.78, 5) is 26.2. The number of amides is 1. The van der Waals surface area contributed by atoms with Crippen molar-refractivity contribution >= 4 is 39.8 Å². The fourth-order valence-electron chi connectivity index (χ4n) is 3.53. The highest BCUT2D eigenvalue weighted by Crippen LogP contribution is 2.42. The summed E-state index contributed by atoms with van der Waals surface area (Å²) in [5, 5.41) is 17.6. The summed E-state index contributed by atoms with van der Waals surface area (Å²) in [6.07, 6.45) is -1.38. The molecule has 0 aliphatic heterocycles. The Hall–Kier alpha value is -4.63. The first-order valence-electron chi connectivity index (χ1n) is 11.6. The number of halogens is 1. The summed E-state index contributed by atoms with van der Waals surface area (Å²) >= 11 is 1.12. The quantitative estimate of drug-likeness (QED) is 0.213. The zero-order valence-electron chi connectivity index (χ0n) is 22.4. The number of nitrogens with two attached hydrogens (primary N) is 1. The first kappa shape index (κ1) is 28.4. The van der Waals surface area contributed by atoms with Gasteiger partial charge in [0.1, 0.15) is 16.5 Å². The molecule has 2 heterocycles. The number of benzene rings is 2. The number of carbonyl (C=O) groups is 1. The lowest BCUT2D eigenvalue weighted by Gasteiger charge is -2.27. The Morgan fingerprint density at radius 3 is 2.35 bits per heavy atom. The third-order valence-corrected chi connectivity index (χ3v) is 6.13. The van der Waals surface area contributed by atoms with E-state index >= 15 is 0 Å². The van der Waals surface area contributed by atoms with Crippen molar-refractivity contribution in [3.63, 3.8) is 0 Å². The maximum atomic E-state index is 14.8. The Bertz CT molecular complexity index is 1510. The molecule has 212 valence electrons. The molecule has 0 atom stereocenters. The van der Waals surface area contributed by atoms with Crippen LogP contribution in [0.3, 0.4) is 0 Å². The Morgan fingerprint density at radius 2 is 1.77 bits per heavy atom. The van der Waals surface area contributed by atoms with E-state index in [-0.39, 0.29) is 28.8 Å². The topological polar surface area (TPSA) is 167 Å². The summed E-state index contributed by atoms with van der Waals surface area (Å²) in [6.45, 7) is 5.05. The molecule has 2 aromatic heterocycles. The molecule has 40 heavy (non-hydrogen) atoms. The summed E-state index contributed by atoms with van der Waals surface area (Å²) in [5.74, 6) is 0.583. The molecule has 0 bridgehead atoms. The van der Waals surface area contributed by atoms with Gasteiger partial charge in [-0.05, 0) is 39.0 Å². The fourth-order valence-corrected chi connectivity index (χ4v) is 4.35. The molecule has 0 saturated heterocycles. The Kier molecular flexibility index (Phi) is 7.97. The van der Waals surface area contributed by atoms with Crippen molar-refractivity contribution in [2.75, 3.05) is 37.4 Å². The van der Waals surface area contributed by atoms with E-state index in [0.29, 0.717) is 38.0 Å². The number of hydrogen-bond acceptors (Lipinski definition) is 12. The summed E-state index contributed by atoms with van der Waals surface area (Å²) in [5.41, 5.74) is 5.83. The zero-order chi connectivity index (χ0) is 29.2. The minimum atomic E-state index is -1.38. The third-order valence-electron chi connectivity index (χ3n) is 5.15. The predicted molar refractivity (Wildman–Crippen MR) is 146 cm³/mol. The normalized spacial score (nSPS) is 11.3. The van der Waals surface area contributed by atoms with Gasteiger partial charge >= 0.3 is 6.09 Å². The molecule has 0 spiro atoms. The first-order chi connectivity index (χ1) is 18.9. The van der Waals surface area contributed by atoms with Crippen LogP contribution in [-0.2, 0) is 4.84 Å². The second-order valence-electron chi connectivity index (χ2n) is 9.14. The standard InChI is InChI=1S/C25H27FN6O7S/c1-25(2,3)39-32(24(33)34)13-7-8-15(26)14(11-13)21-30-22(38-31-21)19-20(27)29-23(40-19)28-12-9-16(35-4)18(37-6)17(10-12)36-5/h7-11H,27H2,1-6H3,(H,28,29)(H,33,34). The van der Waals surface area contributed by atoms with E-state index in [1.165, 1.54) is 33.5 Å². The van der Waals surface area contributed by atoms with Gasteiger partial charge in [0.15, 0.2) is 16.6 Å². The average molecular weight is 575 g/mol. The van der Waals surface area contributed by atoms with Crippen LogP contribution in [0.2, 0.25) is 0 Å². The van der Waals surface area contributed by atoms with E-state index in [2.05, 4.69) is 20.4 Å². The van der Waals surface area contributed by atoms with E-state index in [4.69, 9.17) is 29.3 Å². The van der Waals surface area contributed by atoms with Crippen molar-refractivity contribution in [2.45, 2.75) is 26.4 Å². The number of carboxylic acid groups (broad SMARTS) is 1. The highest BCUT2D eigenvalue weighted by molar-refractivity contribution is 7.19. The molecule has 15 heteroatoms. The van der Waals surface area contributed by atoms with E-state index in [9.17, 15) is 14.3 Å². The molecular formula is C25H27FN6O7S. The van der Waals surface area contributed by atoms with Crippen LogP contribution in [0.25, 0.3) is 22.2 Å². The van der Waals surface area contributed by atoms with E-state index in [0.717, 1.165) is 17.4 Å². The number of nitrogens with zero attached hydrogens (tertiary/aromatic N) is 4. The van der Waals surface area contributed by atoms with Gasteiger partial charge in [-0.3, -0.25) is 4.84 Å². The number of thiazole rings is 1. The number of rotatable bonds is 9. The number of anilines is 4. The number of aromatic nitrogens is 3. The molecular weight excluding hydrogens is 547 g/mol. The lowest BCUT2D eigenvalue weighted by atomic mass is 10.1. The van der Waals surface area contributed by atoms with Gasteiger partial charge in [0.2, 0.25) is 11.6 Å². The smallest absolute Gasteiger partial charge is 0.436 e. The highest BCUT2D eigenvalue weighted by Gasteiger charge is 2.26. The number of hydrogen-bond donors (Lipinski definition) is 3. The van der Waals surface area contributed by atoms with Crippen LogP contribution in [0.15, 0.2) is 34.9 Å². The van der Waals surface area contributed by atoms with Crippen molar-refractivity contribution in [2.24, 2.45) is 0 Å². The molecule has 0 radical (unpaired) electrons.